The summed E-state index contributed by atoms with van der Waals surface area (Å²) in [5.74, 6) is -2.74. The number of nitrogens with zero attached hydrogens (tertiary/aromatic N) is 6. The van der Waals surface area contributed by atoms with Crippen molar-refractivity contribution in [2.45, 2.75) is 175 Å². The highest BCUT2D eigenvalue weighted by atomic mass is 35.5. The number of aliphatic hydroxyl groups excluding tert-OH is 1. The minimum atomic E-state index is -1.19. The molecule has 20 nitrogen and oxygen atoms in total. The lowest BCUT2D eigenvalue weighted by molar-refractivity contribution is -0.132. The Morgan fingerprint density at radius 2 is 0.950 bits per heavy atom. The highest BCUT2D eigenvalue weighted by Gasteiger charge is 2.42. The summed E-state index contributed by atoms with van der Waals surface area (Å²) < 4.78 is 4.35. The first kappa shape index (κ1) is 77.7. The molecule has 2 unspecified atom stereocenters. The van der Waals surface area contributed by atoms with Gasteiger partial charge in [0.1, 0.15) is 0 Å². The van der Waals surface area contributed by atoms with Gasteiger partial charge in [0, 0.05) is 116 Å². The Labute approximate surface area is 605 Å². The lowest BCUT2D eigenvalue weighted by Gasteiger charge is -2.37. The van der Waals surface area contributed by atoms with Crippen LogP contribution in [0.25, 0.3) is 21.8 Å². The number of para-hydroxylation sites is 4. The lowest BCUT2D eigenvalue weighted by Crippen LogP contribution is -2.55. The molecule has 534 valence electrons. The second-order valence-corrected chi connectivity index (χ2v) is 29.2. The Morgan fingerprint density at radius 1 is 0.580 bits per heavy atom. The Morgan fingerprint density at radius 3 is 1.27 bits per heavy atom. The zero-order valence-electron chi connectivity index (χ0n) is 58.5. The van der Waals surface area contributed by atoms with Crippen LogP contribution in [0.2, 0.25) is 0 Å². The number of carbonyl (C=O) groups excluding carboxylic acids is 8. The fourth-order valence-corrected chi connectivity index (χ4v) is 14.9. The van der Waals surface area contributed by atoms with E-state index in [1.807, 2.05) is 106 Å². The molecule has 4 aliphatic rings. The molecule has 4 aromatic carbocycles. The van der Waals surface area contributed by atoms with E-state index in [1.54, 1.807) is 76.9 Å². The number of hydrogen-bond acceptors (Lipinski definition) is 14. The minimum Gasteiger partial charge on any atom is -0.397 e. The third-order valence-electron chi connectivity index (χ3n) is 18.5. The van der Waals surface area contributed by atoms with Crippen LogP contribution in [-0.4, -0.2) is 104 Å². The van der Waals surface area contributed by atoms with E-state index in [-0.39, 0.29) is 92.0 Å². The first-order valence-corrected chi connectivity index (χ1v) is 36.3. The number of ketones is 2. The first-order chi connectivity index (χ1) is 47.2. The van der Waals surface area contributed by atoms with Gasteiger partial charge in [-0.15, -0.1) is 12.4 Å². The van der Waals surface area contributed by atoms with Gasteiger partial charge in [-0.25, -0.2) is 5.25 Å². The number of Topliss-reactive ketones (excluding diaryl/α,β-unsaturated/α-hetero) is 2. The molecule has 6 amide bonds. The number of rotatable bonds is 22. The summed E-state index contributed by atoms with van der Waals surface area (Å²) in [4.78, 5) is 116. The molecule has 9 N–H and O–H groups in total. The molecule has 0 spiro atoms. The van der Waals surface area contributed by atoms with Crippen molar-refractivity contribution < 1.29 is 43.5 Å². The number of amides is 6. The van der Waals surface area contributed by atoms with Crippen LogP contribution in [-0.2, 0) is 77.1 Å². The highest BCUT2D eigenvalue weighted by Crippen LogP contribution is 2.44. The second kappa shape index (κ2) is 34.1. The van der Waals surface area contributed by atoms with Crippen LogP contribution in [0.15, 0.2) is 131 Å². The molecule has 0 radical (unpaired) electrons. The van der Waals surface area contributed by atoms with Crippen molar-refractivity contribution in [1.82, 2.24) is 19.8 Å². The van der Waals surface area contributed by atoms with E-state index in [9.17, 15) is 38.4 Å². The summed E-state index contributed by atoms with van der Waals surface area (Å²) in [6.45, 7) is 18.7. The van der Waals surface area contributed by atoms with E-state index in [4.69, 9.17) is 16.6 Å². The molecular formula is C76H95Cl2N11O9S2. The normalized spacial score (nSPS) is 16.6. The summed E-state index contributed by atoms with van der Waals surface area (Å²) in [6.07, 6.45) is 7.86. The van der Waals surface area contributed by atoms with Crippen LogP contribution >= 0.6 is 46.9 Å². The summed E-state index contributed by atoms with van der Waals surface area (Å²) in [6, 6.07) is 30.4. The molecule has 8 aromatic rings. The molecule has 0 bridgehead atoms. The second-order valence-electron chi connectivity index (χ2n) is 27.7. The van der Waals surface area contributed by atoms with Gasteiger partial charge in [0.25, 0.3) is 0 Å². The van der Waals surface area contributed by atoms with Crippen molar-refractivity contribution in [1.29, 1.82) is 0 Å². The minimum absolute atomic E-state index is 0. The monoisotopic (exact) mass is 1440 g/mol. The fraction of sp³-hybridized carbons (Fsp3) is 0.421. The maximum atomic E-state index is 14.4. The predicted octanol–water partition coefficient (Wildman–Crippen LogP) is 11.6. The quantitative estimate of drug-likeness (QED) is 0.0346. The molecule has 0 aliphatic carbocycles. The van der Waals surface area contributed by atoms with Crippen LogP contribution in [0.5, 0.6) is 0 Å². The maximum absolute atomic E-state index is 14.4. The van der Waals surface area contributed by atoms with E-state index in [0.29, 0.717) is 51.9 Å². The maximum Gasteiger partial charge on any atom is 0.240 e. The van der Waals surface area contributed by atoms with Gasteiger partial charge in [-0.2, -0.15) is 22.7 Å². The van der Waals surface area contributed by atoms with Gasteiger partial charge < -0.3 is 55.9 Å². The molecular weight excluding hydrogens is 1350 g/mol. The number of hydrogen-bond donors (Lipinski definition) is 6. The van der Waals surface area contributed by atoms with E-state index in [1.165, 1.54) is 0 Å². The van der Waals surface area contributed by atoms with E-state index < -0.39 is 46.8 Å². The number of thiophene rings is 2. The van der Waals surface area contributed by atoms with Crippen LogP contribution in [0.3, 0.4) is 0 Å². The van der Waals surface area contributed by atoms with Gasteiger partial charge in [-0.3, -0.25) is 38.4 Å². The smallest absolute Gasteiger partial charge is 0.240 e. The number of fused-ring (bicyclic) bond motifs is 4. The van der Waals surface area contributed by atoms with Crippen LogP contribution in [0.4, 0.5) is 22.7 Å². The average Bonchev–Trinajstić information content (AvgIpc) is 1.12. The van der Waals surface area contributed by atoms with Crippen molar-refractivity contribution in [3.05, 3.63) is 164 Å². The molecule has 4 aromatic heterocycles. The Balaban J connectivity index is 0.000000237. The molecule has 4 atom stereocenters. The van der Waals surface area contributed by atoms with E-state index >= 15 is 0 Å². The average molecular weight is 1440 g/mol. The number of aliphatic hydroxyl groups is 1. The van der Waals surface area contributed by atoms with Gasteiger partial charge in [0.15, 0.2) is 11.6 Å². The van der Waals surface area contributed by atoms with Crippen molar-refractivity contribution in [3.8, 4) is 0 Å². The number of aromatic nitrogens is 2. The number of halogens is 2. The Hall–Kier alpha value is -8.06. The van der Waals surface area contributed by atoms with Crippen LogP contribution in [0.1, 0.15) is 146 Å². The number of carbonyl (C=O) groups is 8. The number of benzene rings is 4. The molecule has 0 saturated carbocycles. The summed E-state index contributed by atoms with van der Waals surface area (Å²) in [5.41, 5.74) is 20.8. The number of anilines is 4. The first-order valence-electron chi connectivity index (χ1n) is 34.0. The lowest BCUT2D eigenvalue weighted by atomic mass is 9.85. The SMILES string of the molecule is CC(C)n1cc(C[C@@H](NC(=O)C(C)(C)N)C(=O)CC2Cc3cccc(N4CCCC4=O)c3N(Cc3ccsc3)C2=O)c2ccccc21.CC(C)n1cc(C[C@@H](NC(=O)C(C)(C)N)C(=O)CC2Cc3cccc(N4CCCC4=O)c3N(Cc3ccsc3)C2=O)c2ccccc21.CCO.Cl.NCl. The Bertz CT molecular complexity index is 3950. The fourth-order valence-electron chi connectivity index (χ4n) is 13.6. The van der Waals surface area contributed by atoms with Gasteiger partial charge in [0.05, 0.1) is 59.0 Å². The molecule has 2 fully saturated rings. The summed E-state index contributed by atoms with van der Waals surface area (Å²) in [7, 11) is 0. The number of nitrogens with one attached hydrogen (secondary N) is 2. The predicted molar refractivity (Wildman–Crippen MR) is 403 cm³/mol. The van der Waals surface area contributed by atoms with Gasteiger partial charge >= 0.3 is 0 Å². The summed E-state index contributed by atoms with van der Waals surface area (Å²) >= 11 is 7.26. The largest absolute Gasteiger partial charge is 0.397 e. The van der Waals surface area contributed by atoms with Crippen LogP contribution < -0.4 is 47.0 Å². The molecule has 2 saturated heterocycles. The zero-order valence-corrected chi connectivity index (χ0v) is 61.7. The molecule has 8 heterocycles. The van der Waals surface area contributed by atoms with Gasteiger partial charge in [0.2, 0.25) is 35.4 Å². The van der Waals surface area contributed by atoms with Gasteiger partial charge in [-0.05, 0) is 191 Å². The van der Waals surface area contributed by atoms with E-state index in [2.05, 4.69) is 89.0 Å². The molecule has 4 aliphatic heterocycles. The molecule has 100 heavy (non-hydrogen) atoms. The molecule has 12 rings (SSSR count). The zero-order chi connectivity index (χ0) is 71.6. The van der Waals surface area contributed by atoms with Crippen molar-refractivity contribution in [2.24, 2.45) is 28.6 Å². The van der Waals surface area contributed by atoms with Crippen molar-refractivity contribution in [2.75, 3.05) is 39.3 Å². The van der Waals surface area contributed by atoms with Crippen molar-refractivity contribution in [3.63, 3.8) is 0 Å². The van der Waals surface area contributed by atoms with Crippen molar-refractivity contribution >= 4 is 138 Å². The topological polar surface area (TPSA) is 282 Å². The number of nitrogens with two attached hydrogens (primary N) is 3. The van der Waals surface area contributed by atoms with E-state index in [0.717, 1.165) is 90.8 Å². The molecule has 24 heteroatoms. The third-order valence-corrected chi connectivity index (χ3v) is 20.0. The van der Waals surface area contributed by atoms with Gasteiger partial charge in [-0.1, -0.05) is 60.7 Å². The highest BCUT2D eigenvalue weighted by molar-refractivity contribution is 7.08. The third kappa shape index (κ3) is 17.8. The van der Waals surface area contributed by atoms with Crippen LogP contribution in [0, 0.1) is 11.8 Å². The standard InChI is InChI=1S/2C37H43N5O4S.C2H6O.ClH2N.ClH/c2*1-23(2)41-21-27(28-10-5-6-11-30(28)41)18-29(39-36(46)37(3,4)38)32(43)19-26-17-25-9-7-12-31(40-15-8-13-33(40)44)34(25)42(35(26)45)20-24-14-16-47-22-24;1-2-3;1-2;/h2*5-7,9-12,14,16,21-23,26,29H,8,13,15,17-20,38H2,1-4H3,(H,39,46);3H,2H2,1H3;2H2;1H/t2*26?,29-;;;/m11.../s1. The Kier molecular flexibility index (Phi) is 26.5. The summed E-state index contributed by atoms with van der Waals surface area (Å²) in [5, 5.41) is 27.4.